The third-order valence-electron chi connectivity index (χ3n) is 4.23. The first-order valence-electron chi connectivity index (χ1n) is 8.19. The average Bonchev–Trinajstić information content (AvgIpc) is 2.63. The number of para-hydroxylation sites is 1. The molecule has 1 aliphatic rings. The molecule has 2 aromatic rings. The summed E-state index contributed by atoms with van der Waals surface area (Å²) >= 11 is 0. The Balaban J connectivity index is 1.83. The number of carbonyl (C=O) groups excluding carboxylic acids is 1. The Bertz CT molecular complexity index is 801. The van der Waals surface area contributed by atoms with Gasteiger partial charge in [-0.3, -0.25) is 4.79 Å². The van der Waals surface area contributed by atoms with E-state index in [4.69, 9.17) is 5.73 Å². The van der Waals surface area contributed by atoms with Gasteiger partial charge in [-0.15, -0.1) is 0 Å². The predicted molar refractivity (Wildman–Crippen MR) is 95.3 cm³/mol. The molecule has 138 valence electrons. The zero-order valence-corrected chi connectivity index (χ0v) is 13.9. The fourth-order valence-electron chi connectivity index (χ4n) is 2.89. The second kappa shape index (κ2) is 7.25. The smallest absolute Gasteiger partial charge is 0.397 e. The SMILES string of the molecule is Nc1cc(C(F)(F)F)ccc1NC(=O)c1ccccc1N1CCNCC1. The lowest BCUT2D eigenvalue weighted by atomic mass is 10.1. The molecule has 1 fully saturated rings. The Hall–Kier alpha value is -2.74. The maximum absolute atomic E-state index is 12.7. The topological polar surface area (TPSA) is 70.4 Å². The van der Waals surface area contributed by atoms with E-state index in [0.717, 1.165) is 44.0 Å². The van der Waals surface area contributed by atoms with Gasteiger partial charge >= 0.3 is 6.18 Å². The highest BCUT2D eigenvalue weighted by molar-refractivity contribution is 6.09. The fraction of sp³-hybridized carbons (Fsp3) is 0.278. The summed E-state index contributed by atoms with van der Waals surface area (Å²) in [5.41, 5.74) is 6.10. The van der Waals surface area contributed by atoms with Gasteiger partial charge in [-0.1, -0.05) is 12.1 Å². The highest BCUT2D eigenvalue weighted by Gasteiger charge is 2.31. The Morgan fingerprint density at radius 2 is 1.81 bits per heavy atom. The van der Waals surface area contributed by atoms with Gasteiger partial charge in [0.15, 0.2) is 0 Å². The monoisotopic (exact) mass is 364 g/mol. The Labute approximate surface area is 149 Å². The van der Waals surface area contributed by atoms with Gasteiger partial charge in [0.1, 0.15) is 0 Å². The lowest BCUT2D eigenvalue weighted by Gasteiger charge is -2.30. The third kappa shape index (κ3) is 3.91. The first-order valence-corrected chi connectivity index (χ1v) is 8.19. The van der Waals surface area contributed by atoms with Crippen molar-refractivity contribution in [1.29, 1.82) is 0 Å². The van der Waals surface area contributed by atoms with Crippen molar-refractivity contribution in [3.8, 4) is 0 Å². The van der Waals surface area contributed by atoms with Crippen LogP contribution in [0.4, 0.5) is 30.2 Å². The van der Waals surface area contributed by atoms with Crippen LogP contribution in [0, 0.1) is 0 Å². The van der Waals surface area contributed by atoms with Gasteiger partial charge in [-0.2, -0.15) is 13.2 Å². The number of nitrogens with one attached hydrogen (secondary N) is 2. The minimum Gasteiger partial charge on any atom is -0.397 e. The van der Waals surface area contributed by atoms with E-state index in [0.29, 0.717) is 5.56 Å². The maximum Gasteiger partial charge on any atom is 0.416 e. The lowest BCUT2D eigenvalue weighted by molar-refractivity contribution is -0.137. The normalized spacial score (nSPS) is 15.0. The van der Waals surface area contributed by atoms with Crippen molar-refractivity contribution in [3.63, 3.8) is 0 Å². The molecule has 8 heteroatoms. The van der Waals surface area contributed by atoms with Gasteiger partial charge in [0.25, 0.3) is 5.91 Å². The molecule has 1 saturated heterocycles. The number of amides is 1. The average molecular weight is 364 g/mol. The van der Waals surface area contributed by atoms with Crippen molar-refractivity contribution in [2.75, 3.05) is 42.1 Å². The number of piperazine rings is 1. The van der Waals surface area contributed by atoms with E-state index >= 15 is 0 Å². The summed E-state index contributed by atoms with van der Waals surface area (Å²) in [4.78, 5) is 14.8. The van der Waals surface area contributed by atoms with Crippen LogP contribution in [0.15, 0.2) is 42.5 Å². The molecular weight excluding hydrogens is 345 g/mol. The van der Waals surface area contributed by atoms with E-state index in [1.807, 2.05) is 12.1 Å². The van der Waals surface area contributed by atoms with Crippen LogP contribution < -0.4 is 21.3 Å². The number of carbonyl (C=O) groups is 1. The molecule has 4 N–H and O–H groups in total. The molecule has 0 radical (unpaired) electrons. The number of nitrogens with two attached hydrogens (primary N) is 1. The summed E-state index contributed by atoms with van der Waals surface area (Å²) in [6.07, 6.45) is -4.48. The van der Waals surface area contributed by atoms with Crippen LogP contribution in [-0.4, -0.2) is 32.1 Å². The second-order valence-corrected chi connectivity index (χ2v) is 6.01. The number of alkyl halides is 3. The van der Waals surface area contributed by atoms with Crippen molar-refractivity contribution < 1.29 is 18.0 Å². The summed E-state index contributed by atoms with van der Waals surface area (Å²) in [5, 5.41) is 5.86. The molecule has 1 aliphatic heterocycles. The lowest BCUT2D eigenvalue weighted by Crippen LogP contribution is -2.44. The zero-order valence-electron chi connectivity index (χ0n) is 13.9. The molecule has 0 bridgehead atoms. The number of halogens is 3. The quantitative estimate of drug-likeness (QED) is 0.733. The van der Waals surface area contributed by atoms with E-state index in [1.54, 1.807) is 12.1 Å². The molecule has 0 saturated carbocycles. The molecule has 0 unspecified atom stereocenters. The Morgan fingerprint density at radius 3 is 2.46 bits per heavy atom. The van der Waals surface area contributed by atoms with E-state index in [1.165, 1.54) is 6.07 Å². The molecular formula is C18H19F3N4O. The molecule has 5 nitrogen and oxygen atoms in total. The van der Waals surface area contributed by atoms with E-state index in [2.05, 4.69) is 15.5 Å². The summed E-state index contributed by atoms with van der Waals surface area (Å²) in [7, 11) is 0. The molecule has 1 amide bonds. The molecule has 0 atom stereocenters. The van der Waals surface area contributed by atoms with Crippen molar-refractivity contribution in [2.24, 2.45) is 0 Å². The number of anilines is 3. The molecule has 1 heterocycles. The van der Waals surface area contributed by atoms with Gasteiger partial charge < -0.3 is 21.3 Å². The molecule has 0 aliphatic carbocycles. The van der Waals surface area contributed by atoms with Gasteiger partial charge in [0, 0.05) is 31.9 Å². The minimum absolute atomic E-state index is 0.132. The van der Waals surface area contributed by atoms with Crippen LogP contribution >= 0.6 is 0 Å². The van der Waals surface area contributed by atoms with Crippen LogP contribution in [-0.2, 0) is 6.18 Å². The summed E-state index contributed by atoms with van der Waals surface area (Å²) in [6.45, 7) is 3.18. The summed E-state index contributed by atoms with van der Waals surface area (Å²) < 4.78 is 38.2. The molecule has 3 rings (SSSR count). The Kier molecular flexibility index (Phi) is 5.03. The van der Waals surface area contributed by atoms with Gasteiger partial charge in [0.05, 0.1) is 22.5 Å². The van der Waals surface area contributed by atoms with Crippen molar-refractivity contribution >= 4 is 23.0 Å². The number of rotatable bonds is 3. The van der Waals surface area contributed by atoms with Crippen LogP contribution in [0.3, 0.4) is 0 Å². The highest BCUT2D eigenvalue weighted by atomic mass is 19.4. The van der Waals surface area contributed by atoms with Crippen molar-refractivity contribution in [2.45, 2.75) is 6.18 Å². The van der Waals surface area contributed by atoms with Crippen LogP contribution in [0.25, 0.3) is 0 Å². The highest BCUT2D eigenvalue weighted by Crippen LogP contribution is 2.33. The molecule has 26 heavy (non-hydrogen) atoms. The number of hydrogen-bond donors (Lipinski definition) is 3. The van der Waals surface area contributed by atoms with Gasteiger partial charge in [0.2, 0.25) is 0 Å². The zero-order chi connectivity index (χ0) is 18.7. The summed E-state index contributed by atoms with van der Waals surface area (Å²) in [5.74, 6) is -0.411. The first kappa shape index (κ1) is 18.1. The van der Waals surface area contributed by atoms with Crippen LogP contribution in [0.2, 0.25) is 0 Å². The number of hydrogen-bond acceptors (Lipinski definition) is 4. The van der Waals surface area contributed by atoms with E-state index < -0.39 is 17.6 Å². The predicted octanol–water partition coefficient (Wildman–Crippen LogP) is 2.95. The number of benzene rings is 2. The molecule has 2 aromatic carbocycles. The van der Waals surface area contributed by atoms with Gasteiger partial charge in [-0.25, -0.2) is 0 Å². The Morgan fingerprint density at radius 1 is 1.12 bits per heavy atom. The maximum atomic E-state index is 12.7. The molecule has 0 aromatic heterocycles. The van der Waals surface area contributed by atoms with Crippen LogP contribution in [0.1, 0.15) is 15.9 Å². The number of nitrogen functional groups attached to an aromatic ring is 1. The third-order valence-corrected chi connectivity index (χ3v) is 4.23. The van der Waals surface area contributed by atoms with Crippen LogP contribution in [0.5, 0.6) is 0 Å². The van der Waals surface area contributed by atoms with E-state index in [9.17, 15) is 18.0 Å². The fourth-order valence-corrected chi connectivity index (χ4v) is 2.89. The minimum atomic E-state index is -4.48. The number of nitrogens with zero attached hydrogens (tertiary/aromatic N) is 1. The van der Waals surface area contributed by atoms with E-state index in [-0.39, 0.29) is 11.4 Å². The standard InChI is InChI=1S/C18H19F3N4O/c19-18(20,21)12-5-6-15(14(22)11-12)24-17(26)13-3-1-2-4-16(13)25-9-7-23-8-10-25/h1-6,11,23H,7-10,22H2,(H,24,26). The summed E-state index contributed by atoms with van der Waals surface area (Å²) in [6, 6.07) is 10.0. The van der Waals surface area contributed by atoms with Gasteiger partial charge in [-0.05, 0) is 30.3 Å². The largest absolute Gasteiger partial charge is 0.416 e. The molecule has 0 spiro atoms. The van der Waals surface area contributed by atoms with Crippen molar-refractivity contribution in [1.82, 2.24) is 5.32 Å². The first-order chi connectivity index (χ1) is 12.4. The van der Waals surface area contributed by atoms with Crippen molar-refractivity contribution in [3.05, 3.63) is 53.6 Å². The second-order valence-electron chi connectivity index (χ2n) is 6.01.